The van der Waals surface area contributed by atoms with Gasteiger partial charge in [-0.1, -0.05) is 11.6 Å². The Kier molecular flexibility index (Phi) is 3.76. The van der Waals surface area contributed by atoms with Crippen molar-refractivity contribution < 1.29 is 9.21 Å². The van der Waals surface area contributed by atoms with E-state index >= 15 is 0 Å². The Hall–Kier alpha value is -0.580. The molecule has 1 aromatic heterocycles. The predicted molar refractivity (Wildman–Crippen MR) is 74.7 cm³/mol. The summed E-state index contributed by atoms with van der Waals surface area (Å²) in [6.45, 7) is 1.95. The van der Waals surface area contributed by atoms with Crippen molar-refractivity contribution in [1.29, 1.82) is 0 Å². The number of aldehydes is 1. The molecule has 2 rings (SSSR count). The van der Waals surface area contributed by atoms with Crippen molar-refractivity contribution in [2.24, 2.45) is 0 Å². The highest BCUT2D eigenvalue weighted by Gasteiger charge is 2.16. The summed E-state index contributed by atoms with van der Waals surface area (Å²) < 4.78 is 6.97. The van der Waals surface area contributed by atoms with Crippen molar-refractivity contribution in [3.8, 4) is 11.3 Å². The molecule has 17 heavy (non-hydrogen) atoms. The second-order valence-electron chi connectivity index (χ2n) is 3.50. The van der Waals surface area contributed by atoms with E-state index in [2.05, 4.69) is 31.9 Å². The third-order valence-electron chi connectivity index (χ3n) is 2.35. The fraction of sp³-hybridized carbons (Fsp3) is 0.0833. The lowest BCUT2D eigenvalue weighted by Gasteiger charge is -2.09. The minimum atomic E-state index is 0.297. The van der Waals surface area contributed by atoms with Crippen molar-refractivity contribution in [1.82, 2.24) is 0 Å². The van der Waals surface area contributed by atoms with Crippen LogP contribution in [-0.2, 0) is 0 Å². The molecule has 2 nitrogen and oxygen atoms in total. The number of benzene rings is 1. The van der Waals surface area contributed by atoms with Gasteiger partial charge in [-0.25, -0.2) is 0 Å². The van der Waals surface area contributed by atoms with Crippen LogP contribution >= 0.6 is 43.5 Å². The lowest BCUT2D eigenvalue weighted by atomic mass is 10.1. The van der Waals surface area contributed by atoms with Crippen LogP contribution in [0, 0.1) is 6.92 Å². The number of rotatable bonds is 2. The quantitative estimate of drug-likeness (QED) is 0.528. The molecule has 0 saturated carbocycles. The number of furan rings is 1. The Bertz CT molecular complexity index is 590. The Morgan fingerprint density at radius 1 is 1.35 bits per heavy atom. The van der Waals surface area contributed by atoms with Gasteiger partial charge in [0.1, 0.15) is 5.76 Å². The maximum atomic E-state index is 10.6. The summed E-state index contributed by atoms with van der Waals surface area (Å²) in [5.74, 6) is 0.913. The largest absolute Gasteiger partial charge is 0.453 e. The highest BCUT2D eigenvalue weighted by atomic mass is 79.9. The zero-order valence-electron chi connectivity index (χ0n) is 8.76. The average Bonchev–Trinajstić information content (AvgIpc) is 2.74. The molecule has 1 heterocycles. The highest BCUT2D eigenvalue weighted by Crippen LogP contribution is 2.41. The third-order valence-corrected chi connectivity index (χ3v) is 4.62. The summed E-state index contributed by atoms with van der Waals surface area (Å²) in [4.78, 5) is 10.6. The van der Waals surface area contributed by atoms with Gasteiger partial charge in [0.25, 0.3) is 0 Å². The molecule has 0 aliphatic rings. The summed E-state index contributed by atoms with van der Waals surface area (Å²) >= 11 is 13.0. The van der Waals surface area contributed by atoms with Crippen LogP contribution in [0.4, 0.5) is 0 Å². The van der Waals surface area contributed by atoms with Crippen LogP contribution < -0.4 is 0 Å². The standard InChI is InChI=1S/C12H7Br2ClO2/c1-6-4-8(13)12(15)11(14)10(6)9-3-2-7(5-16)17-9/h2-5H,1H3. The molecule has 0 unspecified atom stereocenters. The van der Waals surface area contributed by atoms with E-state index in [1.165, 1.54) is 0 Å². The van der Waals surface area contributed by atoms with Crippen LogP contribution in [0.3, 0.4) is 0 Å². The molecule has 0 radical (unpaired) electrons. The van der Waals surface area contributed by atoms with E-state index in [0.717, 1.165) is 20.1 Å². The Labute approximate surface area is 120 Å². The molecule has 5 heteroatoms. The summed E-state index contributed by atoms with van der Waals surface area (Å²) in [7, 11) is 0. The fourth-order valence-electron chi connectivity index (χ4n) is 1.57. The average molecular weight is 378 g/mol. The second-order valence-corrected chi connectivity index (χ2v) is 5.52. The molecule has 0 atom stereocenters. The fourth-order valence-corrected chi connectivity index (χ4v) is 3.24. The van der Waals surface area contributed by atoms with E-state index in [-0.39, 0.29) is 0 Å². The number of hydrogen-bond acceptors (Lipinski definition) is 2. The highest BCUT2D eigenvalue weighted by molar-refractivity contribution is 9.11. The molecule has 0 amide bonds. The van der Waals surface area contributed by atoms with Gasteiger partial charge in [0.15, 0.2) is 12.0 Å². The number of hydrogen-bond donors (Lipinski definition) is 0. The van der Waals surface area contributed by atoms with E-state index in [0.29, 0.717) is 22.8 Å². The molecule has 0 spiro atoms. The van der Waals surface area contributed by atoms with Gasteiger partial charge in [0.05, 0.1) is 5.02 Å². The minimum absolute atomic E-state index is 0.297. The second kappa shape index (κ2) is 4.96. The Morgan fingerprint density at radius 3 is 2.65 bits per heavy atom. The molecule has 0 aliphatic carbocycles. The molecule has 88 valence electrons. The topological polar surface area (TPSA) is 30.2 Å². The van der Waals surface area contributed by atoms with E-state index in [9.17, 15) is 4.79 Å². The van der Waals surface area contributed by atoms with Gasteiger partial charge in [0, 0.05) is 14.5 Å². The van der Waals surface area contributed by atoms with Gasteiger partial charge >= 0.3 is 0 Å². The number of halogens is 3. The normalized spacial score (nSPS) is 10.6. The number of carbonyl (C=O) groups is 1. The first-order valence-electron chi connectivity index (χ1n) is 4.74. The van der Waals surface area contributed by atoms with E-state index < -0.39 is 0 Å². The van der Waals surface area contributed by atoms with Gasteiger partial charge in [-0.15, -0.1) is 0 Å². The third kappa shape index (κ3) is 2.34. The molecule has 0 N–H and O–H groups in total. The first kappa shape index (κ1) is 12.9. The maximum Gasteiger partial charge on any atom is 0.185 e. The van der Waals surface area contributed by atoms with Crippen molar-refractivity contribution >= 4 is 49.7 Å². The van der Waals surface area contributed by atoms with Gasteiger partial charge in [-0.3, -0.25) is 4.79 Å². The predicted octanol–water partition coefficient (Wildman–Crippen LogP) is 5.25. The molecular formula is C12H7Br2ClO2. The number of aryl methyl sites for hydroxylation is 1. The first-order chi connectivity index (χ1) is 8.04. The van der Waals surface area contributed by atoms with Crippen molar-refractivity contribution in [2.75, 3.05) is 0 Å². The van der Waals surface area contributed by atoms with Crippen LogP contribution in [-0.4, -0.2) is 6.29 Å². The molecule has 1 aromatic carbocycles. The number of carbonyl (C=O) groups excluding carboxylic acids is 1. The lowest BCUT2D eigenvalue weighted by molar-refractivity contribution is 0.110. The zero-order chi connectivity index (χ0) is 12.6. The van der Waals surface area contributed by atoms with Crippen LogP contribution in [0.1, 0.15) is 16.1 Å². The summed E-state index contributed by atoms with van der Waals surface area (Å²) in [5, 5.41) is 0.578. The minimum Gasteiger partial charge on any atom is -0.453 e. The Morgan fingerprint density at radius 2 is 2.06 bits per heavy atom. The van der Waals surface area contributed by atoms with Gasteiger partial charge in [0.2, 0.25) is 0 Å². The van der Waals surface area contributed by atoms with Gasteiger partial charge in [-0.2, -0.15) is 0 Å². The van der Waals surface area contributed by atoms with E-state index in [1.807, 2.05) is 13.0 Å². The van der Waals surface area contributed by atoms with Crippen molar-refractivity contribution in [3.05, 3.63) is 43.5 Å². The van der Waals surface area contributed by atoms with Gasteiger partial charge in [-0.05, 0) is 62.5 Å². The lowest BCUT2D eigenvalue weighted by Crippen LogP contribution is -1.86. The molecular weight excluding hydrogens is 371 g/mol. The molecule has 0 fully saturated rings. The van der Waals surface area contributed by atoms with Crippen LogP contribution in [0.5, 0.6) is 0 Å². The monoisotopic (exact) mass is 376 g/mol. The van der Waals surface area contributed by atoms with E-state index in [4.69, 9.17) is 16.0 Å². The zero-order valence-corrected chi connectivity index (χ0v) is 12.7. The molecule has 0 bridgehead atoms. The maximum absolute atomic E-state index is 10.6. The Balaban J connectivity index is 2.66. The smallest absolute Gasteiger partial charge is 0.185 e. The van der Waals surface area contributed by atoms with Crippen molar-refractivity contribution in [3.63, 3.8) is 0 Å². The SMILES string of the molecule is Cc1cc(Br)c(Cl)c(Br)c1-c1ccc(C=O)o1. The molecule has 0 saturated heterocycles. The van der Waals surface area contributed by atoms with Crippen LogP contribution in [0.25, 0.3) is 11.3 Å². The molecule has 2 aromatic rings. The van der Waals surface area contributed by atoms with Gasteiger partial charge < -0.3 is 4.42 Å². The van der Waals surface area contributed by atoms with E-state index in [1.54, 1.807) is 12.1 Å². The first-order valence-corrected chi connectivity index (χ1v) is 6.70. The summed E-state index contributed by atoms with van der Waals surface area (Å²) in [6.07, 6.45) is 0.674. The van der Waals surface area contributed by atoms with Crippen LogP contribution in [0.2, 0.25) is 5.02 Å². The van der Waals surface area contributed by atoms with Crippen molar-refractivity contribution in [2.45, 2.75) is 6.92 Å². The summed E-state index contributed by atoms with van der Waals surface area (Å²) in [6, 6.07) is 5.29. The summed E-state index contributed by atoms with van der Waals surface area (Å²) in [5.41, 5.74) is 1.85. The van der Waals surface area contributed by atoms with Crippen LogP contribution in [0.15, 0.2) is 31.6 Å². The molecule has 0 aliphatic heterocycles.